The van der Waals surface area contributed by atoms with Gasteiger partial charge in [-0.15, -0.1) is 0 Å². The van der Waals surface area contributed by atoms with Crippen LogP contribution in [0.3, 0.4) is 0 Å². The van der Waals surface area contributed by atoms with Crippen LogP contribution in [-0.2, 0) is 4.74 Å². The van der Waals surface area contributed by atoms with E-state index in [1.807, 2.05) is 13.8 Å². The van der Waals surface area contributed by atoms with Gasteiger partial charge >= 0.3 is 6.03 Å². The van der Waals surface area contributed by atoms with Gasteiger partial charge in [-0.05, 0) is 32.4 Å². The van der Waals surface area contributed by atoms with Crippen molar-refractivity contribution in [1.29, 1.82) is 0 Å². The molecule has 2 aliphatic rings. The van der Waals surface area contributed by atoms with Gasteiger partial charge < -0.3 is 20.3 Å². The average molecular weight is 322 g/mol. The summed E-state index contributed by atoms with van der Waals surface area (Å²) in [7, 11) is 0. The number of carbonyl (C=O) groups excluding carboxylic acids is 1. The Labute approximate surface area is 135 Å². The lowest BCUT2D eigenvalue weighted by atomic mass is 9.97. The zero-order valence-electron chi connectivity index (χ0n) is 13.5. The first-order chi connectivity index (χ1) is 11.0. The third kappa shape index (κ3) is 3.55. The summed E-state index contributed by atoms with van der Waals surface area (Å²) in [6.45, 7) is 5.64. The fourth-order valence-corrected chi connectivity index (χ4v) is 3.26. The average Bonchev–Trinajstić information content (AvgIpc) is 3.09. The number of halogens is 1. The summed E-state index contributed by atoms with van der Waals surface area (Å²) in [5, 5.41) is 6.01. The smallest absolute Gasteiger partial charge is 0.317 e. The zero-order chi connectivity index (χ0) is 16.4. The lowest BCUT2D eigenvalue weighted by Gasteiger charge is -2.24. The van der Waals surface area contributed by atoms with Crippen molar-refractivity contribution in [2.45, 2.75) is 44.4 Å². The number of nitrogens with one attached hydrogen (secondary N) is 2. The van der Waals surface area contributed by atoms with Gasteiger partial charge in [-0.2, -0.15) is 0 Å². The molecule has 23 heavy (non-hydrogen) atoms. The topological polar surface area (TPSA) is 66.5 Å². The molecule has 2 fully saturated rings. The molecule has 3 heterocycles. The summed E-state index contributed by atoms with van der Waals surface area (Å²) in [4.78, 5) is 17.9. The van der Waals surface area contributed by atoms with Crippen LogP contribution < -0.4 is 10.6 Å². The van der Waals surface area contributed by atoms with Crippen LogP contribution >= 0.6 is 0 Å². The number of hydrogen-bond donors (Lipinski definition) is 2. The summed E-state index contributed by atoms with van der Waals surface area (Å²) in [6.07, 6.45) is 3.11. The van der Waals surface area contributed by atoms with E-state index in [4.69, 9.17) is 4.74 Å². The summed E-state index contributed by atoms with van der Waals surface area (Å²) < 4.78 is 19.7. The van der Waals surface area contributed by atoms with Crippen LogP contribution in [0.5, 0.6) is 0 Å². The second-order valence-electron chi connectivity index (χ2n) is 6.65. The highest BCUT2D eigenvalue weighted by Gasteiger charge is 2.47. The Morgan fingerprint density at radius 1 is 1.57 bits per heavy atom. The molecule has 6 nitrogen and oxygen atoms in total. The molecule has 0 saturated carbocycles. The van der Waals surface area contributed by atoms with E-state index in [-0.39, 0.29) is 35.4 Å². The Morgan fingerprint density at radius 2 is 2.39 bits per heavy atom. The van der Waals surface area contributed by atoms with Gasteiger partial charge in [0, 0.05) is 25.2 Å². The highest BCUT2D eigenvalue weighted by atomic mass is 19.1. The van der Waals surface area contributed by atoms with Gasteiger partial charge in [0.2, 0.25) is 0 Å². The molecule has 0 aromatic carbocycles. The highest BCUT2D eigenvalue weighted by Crippen LogP contribution is 2.36. The molecule has 0 unspecified atom stereocenters. The second-order valence-corrected chi connectivity index (χ2v) is 6.65. The number of hydrogen-bond acceptors (Lipinski definition) is 4. The Hall–Kier alpha value is -1.89. The van der Waals surface area contributed by atoms with E-state index in [1.165, 1.54) is 6.07 Å². The number of aromatic nitrogens is 1. The highest BCUT2D eigenvalue weighted by molar-refractivity contribution is 5.75. The number of ether oxygens (including phenoxy) is 1. The molecule has 1 aromatic rings. The molecular formula is C16H23FN4O2. The summed E-state index contributed by atoms with van der Waals surface area (Å²) in [5.41, 5.74) is -0.322. The molecule has 2 saturated heterocycles. The SMILES string of the molecule is CC(C)NC(=O)N1CC[C@]2(C[C@@H](Nc3ncccc3F)CO2)C1. The Morgan fingerprint density at radius 3 is 3.13 bits per heavy atom. The van der Waals surface area contributed by atoms with Gasteiger partial charge in [0.1, 0.15) is 0 Å². The van der Waals surface area contributed by atoms with Crippen LogP contribution in [0.15, 0.2) is 18.3 Å². The van der Waals surface area contributed by atoms with E-state index in [0.29, 0.717) is 19.7 Å². The number of nitrogens with zero attached hydrogens (tertiary/aromatic N) is 2. The molecular weight excluding hydrogens is 299 g/mol. The van der Waals surface area contributed by atoms with Crippen molar-refractivity contribution >= 4 is 11.8 Å². The molecule has 0 bridgehead atoms. The summed E-state index contributed by atoms with van der Waals surface area (Å²) in [6, 6.07) is 3.02. The number of urea groups is 1. The predicted octanol–water partition coefficient (Wildman–Crippen LogP) is 1.98. The van der Waals surface area contributed by atoms with Gasteiger partial charge in [-0.25, -0.2) is 14.2 Å². The number of anilines is 1. The molecule has 3 rings (SSSR count). The van der Waals surface area contributed by atoms with Crippen LogP contribution in [0.1, 0.15) is 26.7 Å². The van der Waals surface area contributed by atoms with E-state index in [1.54, 1.807) is 17.2 Å². The van der Waals surface area contributed by atoms with E-state index in [9.17, 15) is 9.18 Å². The number of pyridine rings is 1. The van der Waals surface area contributed by atoms with Crippen LogP contribution in [0, 0.1) is 5.82 Å². The quantitative estimate of drug-likeness (QED) is 0.893. The van der Waals surface area contributed by atoms with E-state index < -0.39 is 0 Å². The minimum atomic E-state index is -0.363. The lowest BCUT2D eigenvalue weighted by molar-refractivity contribution is 0.0150. The van der Waals surface area contributed by atoms with Crippen molar-refractivity contribution in [2.24, 2.45) is 0 Å². The number of likely N-dealkylation sites (tertiary alicyclic amines) is 1. The summed E-state index contributed by atoms with van der Waals surface area (Å²) >= 11 is 0. The van der Waals surface area contributed by atoms with Gasteiger partial charge in [-0.3, -0.25) is 0 Å². The van der Waals surface area contributed by atoms with Crippen LogP contribution in [0.25, 0.3) is 0 Å². The van der Waals surface area contributed by atoms with Crippen LogP contribution in [0.2, 0.25) is 0 Å². The van der Waals surface area contributed by atoms with Gasteiger partial charge in [-0.1, -0.05) is 0 Å². The van der Waals surface area contributed by atoms with Crippen molar-refractivity contribution in [3.63, 3.8) is 0 Å². The van der Waals surface area contributed by atoms with Gasteiger partial charge in [0.15, 0.2) is 11.6 Å². The number of rotatable bonds is 3. The second kappa shape index (κ2) is 6.31. The van der Waals surface area contributed by atoms with Crippen molar-refractivity contribution in [1.82, 2.24) is 15.2 Å². The maximum atomic E-state index is 13.7. The molecule has 7 heteroatoms. The minimum Gasteiger partial charge on any atom is -0.371 e. The number of carbonyl (C=O) groups is 1. The number of amides is 2. The third-order valence-electron chi connectivity index (χ3n) is 4.32. The largest absolute Gasteiger partial charge is 0.371 e. The molecule has 1 spiro atoms. The molecule has 2 N–H and O–H groups in total. The molecule has 2 atom stereocenters. The van der Waals surface area contributed by atoms with Crippen molar-refractivity contribution < 1.29 is 13.9 Å². The van der Waals surface area contributed by atoms with Crippen LogP contribution in [-0.4, -0.2) is 53.3 Å². The first-order valence-corrected chi connectivity index (χ1v) is 8.04. The standard InChI is InChI=1S/C16H23FN4O2/c1-11(2)19-15(22)21-7-5-16(10-21)8-12(9-23-16)20-14-13(17)4-3-6-18-14/h3-4,6,11-12H,5,7-10H2,1-2H3,(H,18,20)(H,19,22)/t12-,16+/m1/s1. The van der Waals surface area contributed by atoms with Crippen molar-refractivity contribution in [2.75, 3.05) is 25.0 Å². The van der Waals surface area contributed by atoms with Crippen molar-refractivity contribution in [3.05, 3.63) is 24.1 Å². The fraction of sp³-hybridized carbons (Fsp3) is 0.625. The van der Waals surface area contributed by atoms with E-state index >= 15 is 0 Å². The van der Waals surface area contributed by atoms with E-state index in [2.05, 4.69) is 15.6 Å². The fourth-order valence-electron chi connectivity index (χ4n) is 3.26. The molecule has 0 aliphatic carbocycles. The van der Waals surface area contributed by atoms with Crippen LogP contribution in [0.4, 0.5) is 15.0 Å². The monoisotopic (exact) mass is 322 g/mol. The normalized spacial score (nSPS) is 27.0. The minimum absolute atomic E-state index is 0.00695. The Kier molecular flexibility index (Phi) is 4.39. The van der Waals surface area contributed by atoms with Gasteiger partial charge in [0.05, 0.1) is 24.8 Å². The Bertz CT molecular complexity index is 583. The van der Waals surface area contributed by atoms with Crippen molar-refractivity contribution in [3.8, 4) is 0 Å². The molecule has 2 amide bonds. The van der Waals surface area contributed by atoms with E-state index in [0.717, 1.165) is 12.8 Å². The molecule has 0 radical (unpaired) electrons. The summed E-state index contributed by atoms with van der Waals surface area (Å²) in [5.74, 6) is -0.108. The predicted molar refractivity (Wildman–Crippen MR) is 84.8 cm³/mol. The van der Waals surface area contributed by atoms with Gasteiger partial charge in [0.25, 0.3) is 0 Å². The maximum absolute atomic E-state index is 13.7. The Balaban J connectivity index is 1.57. The first kappa shape index (κ1) is 16.0. The lowest BCUT2D eigenvalue weighted by Crippen LogP contribution is -2.44. The molecule has 2 aliphatic heterocycles. The first-order valence-electron chi connectivity index (χ1n) is 8.04. The molecule has 126 valence electrons. The maximum Gasteiger partial charge on any atom is 0.317 e. The third-order valence-corrected chi connectivity index (χ3v) is 4.32. The zero-order valence-corrected chi connectivity index (χ0v) is 13.5. The molecule has 1 aromatic heterocycles.